The molecule has 0 aliphatic carbocycles. The highest BCUT2D eigenvalue weighted by atomic mass is 16.6. The predicted molar refractivity (Wildman–Crippen MR) is 73.8 cm³/mol. The van der Waals surface area contributed by atoms with E-state index in [1.54, 1.807) is 0 Å². The number of benzene rings is 1. The highest BCUT2D eigenvalue weighted by Crippen LogP contribution is 2.36. The Hall–Kier alpha value is -1.77. The molecule has 1 aliphatic heterocycles. The lowest BCUT2D eigenvalue weighted by Gasteiger charge is -2.39. The molecular weight excluding hydrogens is 240 g/mol. The van der Waals surface area contributed by atoms with Crippen molar-refractivity contribution in [3.8, 4) is 0 Å². The first-order valence-electron chi connectivity index (χ1n) is 6.68. The van der Waals surface area contributed by atoms with Crippen LogP contribution in [0.5, 0.6) is 0 Å². The van der Waals surface area contributed by atoms with E-state index in [1.165, 1.54) is 11.6 Å². The quantitative estimate of drug-likeness (QED) is 0.844. The van der Waals surface area contributed by atoms with Crippen LogP contribution in [0.3, 0.4) is 0 Å². The molecule has 1 heterocycles. The zero-order valence-corrected chi connectivity index (χ0v) is 11.4. The second kappa shape index (κ2) is 5.47. The molecule has 2 rings (SSSR count). The summed E-state index contributed by atoms with van der Waals surface area (Å²) in [6, 6.07) is 10.1. The Balaban J connectivity index is 2.13. The van der Waals surface area contributed by atoms with Crippen LogP contribution < -0.4 is 0 Å². The lowest BCUT2D eigenvalue weighted by Crippen LogP contribution is -2.43. The van der Waals surface area contributed by atoms with Gasteiger partial charge in [0.15, 0.2) is 0 Å². The zero-order chi connectivity index (χ0) is 13.9. The molecule has 1 N–H and O–H groups in total. The summed E-state index contributed by atoms with van der Waals surface area (Å²) in [5.41, 5.74) is 0.624. The molecule has 3 nitrogen and oxygen atoms in total. The van der Waals surface area contributed by atoms with Crippen molar-refractivity contribution in [2.45, 2.75) is 38.7 Å². The number of esters is 1. The predicted octanol–water partition coefficient (Wildman–Crippen LogP) is 3.40. The third-order valence-corrected chi connectivity index (χ3v) is 3.80. The Labute approximate surface area is 113 Å². The number of rotatable bonds is 4. The monoisotopic (exact) mass is 260 g/mol. The molecule has 0 bridgehead atoms. The van der Waals surface area contributed by atoms with Crippen LogP contribution in [0.2, 0.25) is 0 Å². The maximum Gasteiger partial charge on any atom is 0.334 e. The highest BCUT2D eigenvalue weighted by Gasteiger charge is 2.40. The van der Waals surface area contributed by atoms with Crippen LogP contribution in [0.15, 0.2) is 42.2 Å². The third-order valence-electron chi connectivity index (χ3n) is 3.80. The molecule has 0 spiro atoms. The van der Waals surface area contributed by atoms with E-state index < -0.39 is 11.6 Å². The van der Waals surface area contributed by atoms with Crippen molar-refractivity contribution < 1.29 is 14.6 Å². The molecular formula is C16H20O3. The van der Waals surface area contributed by atoms with E-state index in [0.717, 1.165) is 12.8 Å². The molecule has 0 saturated heterocycles. The van der Waals surface area contributed by atoms with Gasteiger partial charge in [-0.15, -0.1) is 0 Å². The van der Waals surface area contributed by atoms with Crippen molar-refractivity contribution in [3.63, 3.8) is 0 Å². The molecule has 1 atom stereocenters. The van der Waals surface area contributed by atoms with Crippen LogP contribution in [0, 0.1) is 5.92 Å². The summed E-state index contributed by atoms with van der Waals surface area (Å²) < 4.78 is 5.55. The van der Waals surface area contributed by atoms with E-state index in [9.17, 15) is 9.90 Å². The summed E-state index contributed by atoms with van der Waals surface area (Å²) in [4.78, 5) is 11.5. The normalized spacial score (nSPS) is 23.1. The molecule has 1 aromatic rings. The maximum absolute atomic E-state index is 11.5. The Morgan fingerprint density at radius 2 is 2.00 bits per heavy atom. The summed E-state index contributed by atoms with van der Waals surface area (Å²) >= 11 is 0. The van der Waals surface area contributed by atoms with Gasteiger partial charge in [0, 0.05) is 6.42 Å². The van der Waals surface area contributed by atoms with Crippen LogP contribution in [-0.2, 0) is 16.0 Å². The molecule has 0 radical (unpaired) electrons. The van der Waals surface area contributed by atoms with Crippen molar-refractivity contribution in [1.29, 1.82) is 0 Å². The smallest absolute Gasteiger partial charge is 0.334 e. The molecule has 0 aromatic heterocycles. The topological polar surface area (TPSA) is 46.5 Å². The zero-order valence-electron chi connectivity index (χ0n) is 11.4. The van der Waals surface area contributed by atoms with Gasteiger partial charge in [-0.1, -0.05) is 44.2 Å². The van der Waals surface area contributed by atoms with Gasteiger partial charge in [0.25, 0.3) is 0 Å². The number of ether oxygens (including phenoxy) is 1. The van der Waals surface area contributed by atoms with Crippen molar-refractivity contribution in [1.82, 2.24) is 0 Å². The van der Waals surface area contributed by atoms with Gasteiger partial charge in [-0.25, -0.2) is 4.79 Å². The summed E-state index contributed by atoms with van der Waals surface area (Å²) in [5, 5.41) is 9.72. The number of cyclic esters (lactones) is 1. The van der Waals surface area contributed by atoms with Gasteiger partial charge in [0.2, 0.25) is 0 Å². The summed E-state index contributed by atoms with van der Waals surface area (Å²) in [6.45, 7) is 4.05. The van der Waals surface area contributed by atoms with Gasteiger partial charge >= 0.3 is 5.97 Å². The number of hydrogen-bond donors (Lipinski definition) is 1. The summed E-state index contributed by atoms with van der Waals surface area (Å²) in [5.74, 6) is -0.153. The fourth-order valence-electron chi connectivity index (χ4n) is 2.51. The van der Waals surface area contributed by atoms with Crippen LogP contribution >= 0.6 is 0 Å². The highest BCUT2D eigenvalue weighted by molar-refractivity contribution is 5.83. The number of aryl methyl sites for hydroxylation is 1. The lowest BCUT2D eigenvalue weighted by atomic mass is 9.80. The number of hydrogen-bond acceptors (Lipinski definition) is 3. The van der Waals surface area contributed by atoms with Gasteiger partial charge in [-0.05, 0) is 24.3 Å². The van der Waals surface area contributed by atoms with E-state index in [0.29, 0.717) is 6.42 Å². The fraction of sp³-hybridized carbons (Fsp3) is 0.438. The fourth-order valence-corrected chi connectivity index (χ4v) is 2.51. The maximum atomic E-state index is 11.5. The Kier molecular flexibility index (Phi) is 3.93. The van der Waals surface area contributed by atoms with Crippen LogP contribution in [-0.4, -0.2) is 16.7 Å². The minimum atomic E-state index is -0.592. The second-order valence-corrected chi connectivity index (χ2v) is 5.44. The Bertz CT molecular complexity index is 476. The van der Waals surface area contributed by atoms with Crippen molar-refractivity contribution >= 4 is 5.97 Å². The van der Waals surface area contributed by atoms with Crippen LogP contribution in [0.1, 0.15) is 32.3 Å². The number of aliphatic hydroxyl groups excluding tert-OH is 1. The average Bonchev–Trinajstić information content (AvgIpc) is 2.36. The largest absolute Gasteiger partial charge is 0.512 e. The molecule has 0 unspecified atom stereocenters. The van der Waals surface area contributed by atoms with Crippen molar-refractivity contribution in [2.24, 2.45) is 5.92 Å². The van der Waals surface area contributed by atoms with Crippen LogP contribution in [0.4, 0.5) is 0 Å². The molecule has 19 heavy (non-hydrogen) atoms. The number of carbonyl (C=O) groups is 1. The molecule has 0 amide bonds. The van der Waals surface area contributed by atoms with E-state index >= 15 is 0 Å². The van der Waals surface area contributed by atoms with E-state index in [4.69, 9.17) is 4.74 Å². The van der Waals surface area contributed by atoms with Gasteiger partial charge in [-0.2, -0.15) is 0 Å². The third kappa shape index (κ3) is 3.16. The SMILES string of the molecule is CC(C)[C@@]1(CCc2ccccc2)CC(O)=CC(=O)O1. The molecule has 102 valence electrons. The Morgan fingerprint density at radius 1 is 1.32 bits per heavy atom. The number of carbonyl (C=O) groups excluding carboxylic acids is 1. The van der Waals surface area contributed by atoms with Crippen molar-refractivity contribution in [3.05, 3.63) is 47.7 Å². The molecule has 3 heteroatoms. The van der Waals surface area contributed by atoms with E-state index in [2.05, 4.69) is 12.1 Å². The first-order chi connectivity index (χ1) is 9.02. The number of aliphatic hydroxyl groups is 1. The minimum Gasteiger partial charge on any atom is -0.512 e. The molecule has 0 saturated carbocycles. The van der Waals surface area contributed by atoms with Gasteiger partial charge in [-0.3, -0.25) is 0 Å². The van der Waals surface area contributed by atoms with Gasteiger partial charge < -0.3 is 9.84 Å². The standard InChI is InChI=1S/C16H20O3/c1-12(2)16(11-14(17)10-15(18)19-16)9-8-13-6-4-3-5-7-13/h3-7,10,12,17H,8-9,11H2,1-2H3/t16-/m1/s1. The van der Waals surface area contributed by atoms with Gasteiger partial charge in [0.1, 0.15) is 11.4 Å². The molecule has 1 aromatic carbocycles. The summed E-state index contributed by atoms with van der Waals surface area (Å²) in [7, 11) is 0. The average molecular weight is 260 g/mol. The summed E-state index contributed by atoms with van der Waals surface area (Å²) in [6.07, 6.45) is 3.13. The lowest BCUT2D eigenvalue weighted by molar-refractivity contribution is -0.163. The Morgan fingerprint density at radius 3 is 2.58 bits per heavy atom. The minimum absolute atomic E-state index is 0.123. The van der Waals surface area contributed by atoms with Crippen LogP contribution in [0.25, 0.3) is 0 Å². The molecule has 1 aliphatic rings. The molecule has 0 fully saturated rings. The van der Waals surface area contributed by atoms with E-state index in [-0.39, 0.29) is 11.7 Å². The first-order valence-corrected chi connectivity index (χ1v) is 6.68. The first kappa shape index (κ1) is 13.7. The second-order valence-electron chi connectivity index (χ2n) is 5.44. The van der Waals surface area contributed by atoms with Crippen molar-refractivity contribution in [2.75, 3.05) is 0 Å². The van der Waals surface area contributed by atoms with E-state index in [1.807, 2.05) is 32.0 Å². The van der Waals surface area contributed by atoms with Gasteiger partial charge in [0.05, 0.1) is 6.08 Å².